The fourth-order valence-corrected chi connectivity index (χ4v) is 1.28. The van der Waals surface area contributed by atoms with E-state index in [0.717, 1.165) is 11.4 Å². The molecule has 1 unspecified atom stereocenters. The highest BCUT2D eigenvalue weighted by Crippen LogP contribution is 2.37. The topological polar surface area (TPSA) is 64.9 Å². The minimum Gasteiger partial charge on any atom is -0.322 e. The molecular weight excluding hydrogens is 154 g/mol. The molecule has 1 heterocycles. The normalized spacial score (nSPS) is 25.4. The van der Waals surface area contributed by atoms with Crippen LogP contribution in [-0.2, 0) is 0 Å². The number of fused-ring (bicyclic) bond motifs is 1. The van der Waals surface area contributed by atoms with E-state index in [1.54, 1.807) is 0 Å². The van der Waals surface area contributed by atoms with Gasteiger partial charge in [-0.1, -0.05) is 30.2 Å². The second-order valence-electron chi connectivity index (χ2n) is 3.67. The number of hydrogen-bond acceptors (Lipinski definition) is 4. The Hall–Kier alpha value is -1.16. The van der Waals surface area contributed by atoms with Gasteiger partial charge in [0.2, 0.25) is 0 Å². The first-order valence-electron chi connectivity index (χ1n) is 3.88. The van der Waals surface area contributed by atoms with Gasteiger partial charge >= 0.3 is 0 Å². The minimum atomic E-state index is -0.122. The molecule has 0 bridgehead atoms. The molecule has 4 heteroatoms. The van der Waals surface area contributed by atoms with Crippen LogP contribution in [-0.4, -0.2) is 10.3 Å². The van der Waals surface area contributed by atoms with Crippen molar-refractivity contribution < 1.29 is 4.63 Å². The van der Waals surface area contributed by atoms with Crippen LogP contribution in [0.15, 0.2) is 10.7 Å². The first-order valence-corrected chi connectivity index (χ1v) is 3.88. The van der Waals surface area contributed by atoms with E-state index in [-0.39, 0.29) is 11.5 Å². The predicted octanol–water partition coefficient (Wildman–Crippen LogP) is 1.12. The van der Waals surface area contributed by atoms with Gasteiger partial charge in [0.05, 0.1) is 6.04 Å². The molecule has 0 aliphatic heterocycles. The third-order valence-corrected chi connectivity index (χ3v) is 2.31. The molecule has 2 N–H and O–H groups in total. The molecule has 0 saturated carbocycles. The van der Waals surface area contributed by atoms with Gasteiger partial charge in [-0.2, -0.15) is 0 Å². The van der Waals surface area contributed by atoms with Gasteiger partial charge in [0, 0.05) is 5.41 Å². The molecule has 12 heavy (non-hydrogen) atoms. The van der Waals surface area contributed by atoms with Crippen LogP contribution in [0.25, 0.3) is 6.08 Å². The van der Waals surface area contributed by atoms with Gasteiger partial charge in [0.25, 0.3) is 0 Å². The van der Waals surface area contributed by atoms with E-state index >= 15 is 0 Å². The van der Waals surface area contributed by atoms with Crippen LogP contribution >= 0.6 is 0 Å². The lowest BCUT2D eigenvalue weighted by Crippen LogP contribution is -2.30. The minimum absolute atomic E-state index is 0.0639. The van der Waals surface area contributed by atoms with E-state index in [4.69, 9.17) is 5.73 Å². The van der Waals surface area contributed by atoms with E-state index in [0.29, 0.717) is 0 Å². The highest BCUT2D eigenvalue weighted by Gasteiger charge is 2.33. The number of nitrogens with two attached hydrogens (primary N) is 1. The Morgan fingerprint density at radius 2 is 2.25 bits per heavy atom. The average Bonchev–Trinajstić information content (AvgIpc) is 2.45. The van der Waals surface area contributed by atoms with E-state index < -0.39 is 0 Å². The summed E-state index contributed by atoms with van der Waals surface area (Å²) in [5, 5.41) is 7.49. The standard InChI is InChI=1S/C8H11N3O/c1-8(2)4-3-5-6(7(8)9)11-12-10-5/h3-4,7H,9H2,1-2H3. The SMILES string of the molecule is CC1(C)C=Cc2nonc2C1N. The summed E-state index contributed by atoms with van der Waals surface area (Å²) in [7, 11) is 0. The van der Waals surface area contributed by atoms with Gasteiger partial charge in [-0.25, -0.2) is 4.63 Å². The van der Waals surface area contributed by atoms with Crippen LogP contribution in [0, 0.1) is 5.41 Å². The van der Waals surface area contributed by atoms with Crippen molar-refractivity contribution in [3.8, 4) is 0 Å². The molecular formula is C8H11N3O. The smallest absolute Gasteiger partial charge is 0.132 e. The second-order valence-corrected chi connectivity index (χ2v) is 3.67. The molecule has 0 amide bonds. The molecule has 1 atom stereocenters. The van der Waals surface area contributed by atoms with E-state index in [1.807, 2.05) is 12.2 Å². The Morgan fingerprint density at radius 1 is 1.50 bits per heavy atom. The summed E-state index contributed by atoms with van der Waals surface area (Å²) in [6.07, 6.45) is 3.93. The lowest BCUT2D eigenvalue weighted by molar-refractivity contribution is 0.290. The van der Waals surface area contributed by atoms with Crippen LogP contribution in [0.2, 0.25) is 0 Å². The summed E-state index contributed by atoms with van der Waals surface area (Å²) < 4.78 is 4.60. The maximum Gasteiger partial charge on any atom is 0.132 e. The fourth-order valence-electron chi connectivity index (χ4n) is 1.28. The molecule has 2 rings (SSSR count). The van der Waals surface area contributed by atoms with Gasteiger partial charge in [-0.05, 0) is 6.08 Å². The van der Waals surface area contributed by atoms with Crippen LogP contribution in [0.1, 0.15) is 31.3 Å². The third kappa shape index (κ3) is 0.881. The summed E-state index contributed by atoms with van der Waals surface area (Å²) in [6, 6.07) is -0.122. The van der Waals surface area contributed by atoms with Gasteiger partial charge in [-0.15, -0.1) is 0 Å². The summed E-state index contributed by atoms with van der Waals surface area (Å²) >= 11 is 0. The molecule has 4 nitrogen and oxygen atoms in total. The monoisotopic (exact) mass is 165 g/mol. The highest BCUT2D eigenvalue weighted by atomic mass is 16.6. The Morgan fingerprint density at radius 3 is 3.00 bits per heavy atom. The molecule has 1 aromatic heterocycles. The number of hydrogen-bond donors (Lipinski definition) is 1. The molecule has 0 fully saturated rings. The Kier molecular flexibility index (Phi) is 1.35. The van der Waals surface area contributed by atoms with E-state index in [1.165, 1.54) is 0 Å². The molecule has 0 saturated heterocycles. The Bertz CT molecular complexity index is 327. The summed E-state index contributed by atoms with van der Waals surface area (Å²) in [4.78, 5) is 0. The average molecular weight is 165 g/mol. The summed E-state index contributed by atoms with van der Waals surface area (Å²) in [5.74, 6) is 0. The predicted molar refractivity (Wildman–Crippen MR) is 44.0 cm³/mol. The summed E-state index contributed by atoms with van der Waals surface area (Å²) in [5.41, 5.74) is 7.39. The maximum atomic E-state index is 5.95. The maximum absolute atomic E-state index is 5.95. The van der Waals surface area contributed by atoms with Crippen molar-refractivity contribution in [2.45, 2.75) is 19.9 Å². The molecule has 1 aliphatic rings. The van der Waals surface area contributed by atoms with Crippen molar-refractivity contribution >= 4 is 6.08 Å². The molecule has 1 aromatic rings. The lowest BCUT2D eigenvalue weighted by atomic mass is 9.79. The molecule has 64 valence electrons. The fraction of sp³-hybridized carbons (Fsp3) is 0.500. The Balaban J connectivity index is 2.52. The molecule has 1 aliphatic carbocycles. The number of nitrogens with zero attached hydrogens (tertiary/aromatic N) is 2. The van der Waals surface area contributed by atoms with Crippen molar-refractivity contribution in [2.75, 3.05) is 0 Å². The van der Waals surface area contributed by atoms with E-state index in [2.05, 4.69) is 28.8 Å². The van der Waals surface area contributed by atoms with Crippen molar-refractivity contribution in [2.24, 2.45) is 11.1 Å². The Labute approximate surface area is 70.4 Å². The quantitative estimate of drug-likeness (QED) is 0.625. The number of aromatic nitrogens is 2. The third-order valence-electron chi connectivity index (χ3n) is 2.31. The zero-order valence-electron chi connectivity index (χ0n) is 7.11. The van der Waals surface area contributed by atoms with Gasteiger partial charge in [0.15, 0.2) is 0 Å². The largest absolute Gasteiger partial charge is 0.322 e. The molecule has 0 spiro atoms. The van der Waals surface area contributed by atoms with Crippen LogP contribution < -0.4 is 5.73 Å². The first-order chi connectivity index (χ1) is 5.61. The first kappa shape index (κ1) is 7.49. The molecule has 0 radical (unpaired) electrons. The lowest BCUT2D eigenvalue weighted by Gasteiger charge is -2.29. The van der Waals surface area contributed by atoms with Gasteiger partial charge < -0.3 is 5.73 Å². The van der Waals surface area contributed by atoms with Gasteiger partial charge in [0.1, 0.15) is 11.4 Å². The second kappa shape index (κ2) is 2.17. The summed E-state index contributed by atoms with van der Waals surface area (Å²) in [6.45, 7) is 4.12. The van der Waals surface area contributed by atoms with Crippen molar-refractivity contribution in [1.82, 2.24) is 10.3 Å². The van der Waals surface area contributed by atoms with Crippen LogP contribution in [0.5, 0.6) is 0 Å². The van der Waals surface area contributed by atoms with Crippen molar-refractivity contribution in [3.05, 3.63) is 17.5 Å². The zero-order chi connectivity index (χ0) is 8.77. The molecule has 0 aromatic carbocycles. The van der Waals surface area contributed by atoms with Crippen molar-refractivity contribution in [3.63, 3.8) is 0 Å². The highest BCUT2D eigenvalue weighted by molar-refractivity contribution is 5.52. The van der Waals surface area contributed by atoms with E-state index in [9.17, 15) is 0 Å². The van der Waals surface area contributed by atoms with Crippen LogP contribution in [0.3, 0.4) is 0 Å². The van der Waals surface area contributed by atoms with Crippen molar-refractivity contribution in [1.29, 1.82) is 0 Å². The van der Waals surface area contributed by atoms with Crippen LogP contribution in [0.4, 0.5) is 0 Å². The number of rotatable bonds is 0. The van der Waals surface area contributed by atoms with Gasteiger partial charge in [-0.3, -0.25) is 0 Å². The zero-order valence-corrected chi connectivity index (χ0v) is 7.11.